The van der Waals surface area contributed by atoms with E-state index in [1.165, 1.54) is 24.3 Å². The maximum Gasteiger partial charge on any atom is 0.264 e. The molecular formula is C17H18N2O4S. The Bertz CT molecular complexity index is 867. The molecule has 0 aliphatic carbocycles. The smallest absolute Gasteiger partial charge is 0.264 e. The van der Waals surface area contributed by atoms with Gasteiger partial charge >= 0.3 is 0 Å². The number of carbonyl (C=O) groups excluding carboxylic acids is 2. The Hall–Kier alpha value is -2.67. The highest BCUT2D eigenvalue weighted by molar-refractivity contribution is 7.90. The van der Waals surface area contributed by atoms with Gasteiger partial charge in [-0.3, -0.25) is 9.59 Å². The van der Waals surface area contributed by atoms with Crippen molar-refractivity contribution in [1.82, 2.24) is 4.72 Å². The van der Waals surface area contributed by atoms with Gasteiger partial charge in [-0.15, -0.1) is 0 Å². The van der Waals surface area contributed by atoms with E-state index in [2.05, 4.69) is 5.32 Å². The van der Waals surface area contributed by atoms with Crippen LogP contribution in [0.2, 0.25) is 0 Å². The van der Waals surface area contributed by atoms with Gasteiger partial charge in [0.2, 0.25) is 5.91 Å². The summed E-state index contributed by atoms with van der Waals surface area (Å²) in [5, 5.41) is 2.71. The fraction of sp³-hybridized carbons (Fsp3) is 0.176. The third-order valence-electron chi connectivity index (χ3n) is 3.18. The Morgan fingerprint density at radius 1 is 0.917 bits per heavy atom. The van der Waals surface area contributed by atoms with Crippen LogP contribution < -0.4 is 10.0 Å². The molecule has 2 N–H and O–H groups in total. The second-order valence-electron chi connectivity index (χ2n) is 5.52. The van der Waals surface area contributed by atoms with Crippen molar-refractivity contribution in [1.29, 1.82) is 0 Å². The van der Waals surface area contributed by atoms with Gasteiger partial charge in [-0.05, 0) is 50.2 Å². The lowest BCUT2D eigenvalue weighted by Gasteiger charge is -2.09. The van der Waals surface area contributed by atoms with E-state index < -0.39 is 15.9 Å². The maximum absolute atomic E-state index is 12.3. The number of nitrogens with one attached hydrogen (secondary N) is 2. The third kappa shape index (κ3) is 4.42. The summed E-state index contributed by atoms with van der Waals surface area (Å²) >= 11 is 0. The van der Waals surface area contributed by atoms with Gasteiger partial charge in [-0.1, -0.05) is 17.2 Å². The van der Waals surface area contributed by atoms with Crippen molar-refractivity contribution in [3.63, 3.8) is 0 Å². The lowest BCUT2D eigenvalue weighted by molar-refractivity contribution is -0.117. The van der Waals surface area contributed by atoms with E-state index >= 15 is 0 Å². The topological polar surface area (TPSA) is 92.3 Å². The first-order chi connectivity index (χ1) is 11.2. The predicted molar refractivity (Wildman–Crippen MR) is 91.3 cm³/mol. The molecule has 2 rings (SSSR count). The number of carbonyl (C=O) groups is 2. The van der Waals surface area contributed by atoms with Crippen LogP contribution in [0, 0.1) is 13.8 Å². The molecule has 2 aromatic rings. The van der Waals surface area contributed by atoms with E-state index in [9.17, 15) is 18.0 Å². The molecule has 0 spiro atoms. The van der Waals surface area contributed by atoms with Crippen LogP contribution in [0.5, 0.6) is 0 Å². The summed E-state index contributed by atoms with van der Waals surface area (Å²) < 4.78 is 25.6. The fourth-order valence-electron chi connectivity index (χ4n) is 2.27. The Morgan fingerprint density at radius 3 is 1.96 bits per heavy atom. The largest absolute Gasteiger partial charge is 0.322 e. The molecule has 0 bridgehead atoms. The molecule has 0 saturated heterocycles. The second kappa shape index (κ2) is 6.84. The normalized spacial score (nSPS) is 11.0. The van der Waals surface area contributed by atoms with Crippen molar-refractivity contribution in [3.05, 3.63) is 59.2 Å². The zero-order valence-corrected chi connectivity index (χ0v) is 14.4. The van der Waals surface area contributed by atoms with Crippen molar-refractivity contribution in [3.8, 4) is 0 Å². The molecule has 126 valence electrons. The molecule has 6 nitrogen and oxygen atoms in total. The molecule has 0 aromatic heterocycles. The van der Waals surface area contributed by atoms with Gasteiger partial charge < -0.3 is 5.32 Å². The number of aryl methyl sites for hydroxylation is 2. The van der Waals surface area contributed by atoms with Gasteiger partial charge in [0.1, 0.15) is 0 Å². The quantitative estimate of drug-likeness (QED) is 0.889. The summed E-state index contributed by atoms with van der Waals surface area (Å²) in [5.74, 6) is -0.943. The van der Waals surface area contributed by atoms with Crippen LogP contribution in [0.15, 0.2) is 47.4 Å². The van der Waals surface area contributed by atoms with E-state index in [1.807, 2.05) is 24.6 Å². The number of rotatable bonds is 4. The highest BCUT2D eigenvalue weighted by Gasteiger charge is 2.15. The summed E-state index contributed by atoms with van der Waals surface area (Å²) in [7, 11) is -3.88. The van der Waals surface area contributed by atoms with Crippen molar-refractivity contribution in [2.45, 2.75) is 25.7 Å². The molecule has 0 saturated carbocycles. The van der Waals surface area contributed by atoms with Crippen LogP contribution in [0.25, 0.3) is 0 Å². The van der Waals surface area contributed by atoms with Crippen LogP contribution in [0.4, 0.5) is 5.69 Å². The minimum Gasteiger partial charge on any atom is -0.322 e. The average Bonchev–Trinajstić information content (AvgIpc) is 2.45. The molecule has 0 aliphatic rings. The Balaban J connectivity index is 2.17. The molecule has 7 heteroatoms. The Morgan fingerprint density at radius 2 is 1.46 bits per heavy atom. The van der Waals surface area contributed by atoms with Crippen molar-refractivity contribution in [2.75, 3.05) is 5.32 Å². The van der Waals surface area contributed by atoms with E-state index in [1.54, 1.807) is 12.1 Å². The van der Waals surface area contributed by atoms with Crippen LogP contribution >= 0.6 is 0 Å². The summed E-state index contributed by atoms with van der Waals surface area (Å²) in [6.07, 6.45) is 0. The van der Waals surface area contributed by atoms with Gasteiger partial charge in [0.25, 0.3) is 15.9 Å². The standard InChI is InChI=1S/C17H18N2O4S/c1-11-8-12(2)10-14(9-11)17(21)18-15-4-6-16(7-5-15)24(22,23)19-13(3)20/h4-10H,1-3H3,(H,18,21)(H,19,20). The van der Waals surface area contributed by atoms with Gasteiger partial charge in [0, 0.05) is 18.2 Å². The number of benzene rings is 2. The minimum atomic E-state index is -3.88. The molecule has 0 aliphatic heterocycles. The van der Waals surface area contributed by atoms with Crippen LogP contribution in [0.1, 0.15) is 28.4 Å². The van der Waals surface area contributed by atoms with Crippen LogP contribution in [0.3, 0.4) is 0 Å². The minimum absolute atomic E-state index is 0.0536. The van der Waals surface area contributed by atoms with Crippen LogP contribution in [-0.2, 0) is 14.8 Å². The van der Waals surface area contributed by atoms with E-state index in [4.69, 9.17) is 0 Å². The molecule has 0 radical (unpaired) electrons. The van der Waals surface area contributed by atoms with Gasteiger partial charge in [-0.25, -0.2) is 13.1 Å². The molecule has 0 atom stereocenters. The zero-order chi connectivity index (χ0) is 17.9. The second-order valence-corrected chi connectivity index (χ2v) is 7.20. The summed E-state index contributed by atoms with van der Waals surface area (Å²) in [6.45, 7) is 4.94. The summed E-state index contributed by atoms with van der Waals surface area (Å²) in [6, 6.07) is 11.1. The lowest BCUT2D eigenvalue weighted by atomic mass is 10.1. The highest BCUT2D eigenvalue weighted by Crippen LogP contribution is 2.16. The van der Waals surface area contributed by atoms with Gasteiger partial charge in [-0.2, -0.15) is 0 Å². The average molecular weight is 346 g/mol. The van der Waals surface area contributed by atoms with Crippen molar-refractivity contribution < 1.29 is 18.0 Å². The first kappa shape index (κ1) is 17.7. The number of amides is 2. The number of hydrogen-bond donors (Lipinski definition) is 2. The Kier molecular flexibility index (Phi) is 5.04. The van der Waals surface area contributed by atoms with E-state index in [0.29, 0.717) is 11.3 Å². The molecule has 0 fully saturated rings. The van der Waals surface area contributed by atoms with E-state index in [-0.39, 0.29) is 10.8 Å². The summed E-state index contributed by atoms with van der Waals surface area (Å²) in [5.41, 5.74) is 2.96. The molecule has 2 aromatic carbocycles. The van der Waals surface area contributed by atoms with Crippen LogP contribution in [-0.4, -0.2) is 20.2 Å². The molecule has 0 heterocycles. The maximum atomic E-state index is 12.3. The lowest BCUT2D eigenvalue weighted by Crippen LogP contribution is -2.28. The monoisotopic (exact) mass is 346 g/mol. The first-order valence-electron chi connectivity index (χ1n) is 7.20. The zero-order valence-electron chi connectivity index (χ0n) is 13.6. The number of anilines is 1. The third-order valence-corrected chi connectivity index (χ3v) is 4.63. The molecule has 2 amide bonds. The molecule has 0 unspecified atom stereocenters. The number of sulfonamides is 1. The highest BCUT2D eigenvalue weighted by atomic mass is 32.2. The van der Waals surface area contributed by atoms with Gasteiger partial charge in [0.15, 0.2) is 0 Å². The fourth-order valence-corrected chi connectivity index (χ4v) is 3.27. The Labute approximate surface area is 140 Å². The molecule has 24 heavy (non-hydrogen) atoms. The van der Waals surface area contributed by atoms with Gasteiger partial charge in [0.05, 0.1) is 4.90 Å². The SMILES string of the molecule is CC(=O)NS(=O)(=O)c1ccc(NC(=O)c2cc(C)cc(C)c2)cc1. The number of hydrogen-bond acceptors (Lipinski definition) is 4. The van der Waals surface area contributed by atoms with Crippen molar-refractivity contribution in [2.24, 2.45) is 0 Å². The molecular weight excluding hydrogens is 328 g/mol. The van der Waals surface area contributed by atoms with E-state index in [0.717, 1.165) is 18.1 Å². The summed E-state index contributed by atoms with van der Waals surface area (Å²) in [4.78, 5) is 23.1. The first-order valence-corrected chi connectivity index (χ1v) is 8.69. The predicted octanol–water partition coefficient (Wildman–Crippen LogP) is 2.38. The van der Waals surface area contributed by atoms with Crippen molar-refractivity contribution >= 4 is 27.5 Å².